The lowest BCUT2D eigenvalue weighted by atomic mass is 10.0. The van der Waals surface area contributed by atoms with E-state index in [0.29, 0.717) is 11.3 Å². The number of nitriles is 2. The third kappa shape index (κ3) is 2.51. The number of esters is 1. The quantitative estimate of drug-likeness (QED) is 0.801. The summed E-state index contributed by atoms with van der Waals surface area (Å²) in [6.45, 7) is 5.27. The molecule has 114 valence electrons. The number of rotatable bonds is 3. The lowest BCUT2D eigenvalue weighted by Crippen LogP contribution is -2.26. The third-order valence-corrected chi connectivity index (χ3v) is 3.71. The van der Waals surface area contributed by atoms with Gasteiger partial charge in [-0.1, -0.05) is 18.2 Å². The molecule has 1 fully saturated rings. The number of hydrogen-bond acceptors (Lipinski definition) is 5. The van der Waals surface area contributed by atoms with Crippen LogP contribution in [0.15, 0.2) is 24.3 Å². The molecule has 0 spiro atoms. The van der Waals surface area contributed by atoms with Crippen LogP contribution in [0.3, 0.4) is 0 Å². The Labute approximate surface area is 130 Å². The van der Waals surface area contributed by atoms with Crippen LogP contribution in [0, 0.1) is 34.0 Å². The van der Waals surface area contributed by atoms with Gasteiger partial charge in [-0.25, -0.2) is 0 Å². The fourth-order valence-electron chi connectivity index (χ4n) is 2.73. The number of benzene rings is 1. The van der Waals surface area contributed by atoms with Gasteiger partial charge in [-0.2, -0.15) is 10.5 Å². The Morgan fingerprint density at radius 2 is 1.82 bits per heavy atom. The molecule has 0 aromatic heterocycles. The zero-order chi connectivity index (χ0) is 16.5. The van der Waals surface area contributed by atoms with Gasteiger partial charge >= 0.3 is 5.97 Å². The Balaban J connectivity index is 2.41. The molecule has 0 heterocycles. The SMILES string of the molecule is COc1ccccc1[C@@H]1[C@H](C(=O)OC(C)(C)C)C1(C#N)C#N. The van der Waals surface area contributed by atoms with Gasteiger partial charge in [0.25, 0.3) is 0 Å². The van der Waals surface area contributed by atoms with E-state index in [-0.39, 0.29) is 0 Å². The number of ether oxygens (including phenoxy) is 2. The molecule has 0 radical (unpaired) electrons. The van der Waals surface area contributed by atoms with Crippen LogP contribution in [-0.4, -0.2) is 18.7 Å². The van der Waals surface area contributed by atoms with Gasteiger partial charge < -0.3 is 9.47 Å². The smallest absolute Gasteiger partial charge is 0.312 e. The molecule has 0 aliphatic heterocycles. The zero-order valence-corrected chi connectivity index (χ0v) is 13.1. The van der Waals surface area contributed by atoms with Gasteiger partial charge in [0.05, 0.1) is 25.2 Å². The van der Waals surface area contributed by atoms with E-state index in [9.17, 15) is 15.3 Å². The molecule has 1 aliphatic carbocycles. The summed E-state index contributed by atoms with van der Waals surface area (Å²) in [5, 5.41) is 18.9. The Morgan fingerprint density at radius 1 is 1.23 bits per heavy atom. The maximum absolute atomic E-state index is 12.4. The summed E-state index contributed by atoms with van der Waals surface area (Å²) >= 11 is 0. The largest absolute Gasteiger partial charge is 0.496 e. The molecular weight excluding hydrogens is 280 g/mol. The summed E-state index contributed by atoms with van der Waals surface area (Å²) in [6.07, 6.45) is 0. The van der Waals surface area contributed by atoms with Crippen molar-refractivity contribution in [2.75, 3.05) is 7.11 Å². The molecule has 0 amide bonds. The van der Waals surface area contributed by atoms with Crippen molar-refractivity contribution < 1.29 is 14.3 Å². The van der Waals surface area contributed by atoms with Gasteiger partial charge in [-0.3, -0.25) is 4.79 Å². The summed E-state index contributed by atoms with van der Waals surface area (Å²) < 4.78 is 10.7. The van der Waals surface area contributed by atoms with E-state index in [4.69, 9.17) is 9.47 Å². The highest BCUT2D eigenvalue weighted by Gasteiger charge is 2.72. The lowest BCUT2D eigenvalue weighted by Gasteiger charge is -2.19. The van der Waals surface area contributed by atoms with E-state index in [1.54, 1.807) is 45.0 Å². The predicted molar refractivity (Wildman–Crippen MR) is 78.7 cm³/mol. The van der Waals surface area contributed by atoms with Crippen molar-refractivity contribution in [1.29, 1.82) is 10.5 Å². The van der Waals surface area contributed by atoms with E-state index in [1.165, 1.54) is 7.11 Å². The number of nitrogens with zero attached hydrogens (tertiary/aromatic N) is 2. The second-order valence-corrected chi connectivity index (χ2v) is 6.32. The highest BCUT2D eigenvalue weighted by molar-refractivity contribution is 5.83. The molecule has 0 saturated heterocycles. The van der Waals surface area contributed by atoms with E-state index < -0.39 is 28.8 Å². The van der Waals surface area contributed by atoms with Crippen LogP contribution >= 0.6 is 0 Å². The fourth-order valence-corrected chi connectivity index (χ4v) is 2.73. The summed E-state index contributed by atoms with van der Waals surface area (Å²) in [6, 6.07) is 11.1. The van der Waals surface area contributed by atoms with Gasteiger partial charge in [0.15, 0.2) is 5.41 Å². The molecule has 5 heteroatoms. The van der Waals surface area contributed by atoms with Crippen LogP contribution in [0.25, 0.3) is 0 Å². The van der Waals surface area contributed by atoms with Gasteiger partial charge in [-0.05, 0) is 26.8 Å². The second kappa shape index (κ2) is 5.35. The molecule has 0 N–H and O–H groups in total. The van der Waals surface area contributed by atoms with Crippen LogP contribution in [0.5, 0.6) is 5.75 Å². The molecule has 5 nitrogen and oxygen atoms in total. The highest BCUT2D eigenvalue weighted by Crippen LogP contribution is 2.66. The maximum atomic E-state index is 12.4. The van der Waals surface area contributed by atoms with Gasteiger partial charge in [-0.15, -0.1) is 0 Å². The van der Waals surface area contributed by atoms with E-state index in [0.717, 1.165) is 0 Å². The molecule has 0 unspecified atom stereocenters. The van der Waals surface area contributed by atoms with Crippen LogP contribution < -0.4 is 4.74 Å². The van der Waals surface area contributed by atoms with E-state index >= 15 is 0 Å². The normalized spacial score (nSPS) is 22.1. The number of para-hydroxylation sites is 1. The van der Waals surface area contributed by atoms with Gasteiger partial charge in [0.1, 0.15) is 11.4 Å². The molecule has 1 saturated carbocycles. The average Bonchev–Trinajstić information content (AvgIpc) is 3.15. The molecule has 2 rings (SSSR count). The van der Waals surface area contributed by atoms with Crippen molar-refractivity contribution in [3.8, 4) is 17.9 Å². The van der Waals surface area contributed by atoms with Crippen molar-refractivity contribution >= 4 is 5.97 Å². The standard InChI is InChI=1S/C17H18N2O3/c1-16(2,3)22-15(20)14-13(17(14,9-18)10-19)11-7-5-6-8-12(11)21-4/h5-8,13-14H,1-4H3/t13-,14-/m1/s1. The number of methoxy groups -OCH3 is 1. The van der Waals surface area contributed by atoms with E-state index in [2.05, 4.69) is 0 Å². The van der Waals surface area contributed by atoms with Gasteiger partial charge in [0, 0.05) is 11.5 Å². The molecule has 1 aromatic rings. The fraction of sp³-hybridized carbons (Fsp3) is 0.471. The summed E-state index contributed by atoms with van der Waals surface area (Å²) in [5.41, 5.74) is -1.37. The summed E-state index contributed by atoms with van der Waals surface area (Å²) in [4.78, 5) is 12.4. The summed E-state index contributed by atoms with van der Waals surface area (Å²) in [7, 11) is 1.52. The first kappa shape index (κ1) is 15.9. The van der Waals surface area contributed by atoms with Crippen LogP contribution in [0.2, 0.25) is 0 Å². The van der Waals surface area contributed by atoms with Crippen LogP contribution in [0.1, 0.15) is 32.3 Å². The average molecular weight is 298 g/mol. The first-order valence-electron chi connectivity index (χ1n) is 6.99. The minimum atomic E-state index is -1.39. The van der Waals surface area contributed by atoms with Crippen molar-refractivity contribution in [2.24, 2.45) is 11.3 Å². The van der Waals surface area contributed by atoms with E-state index in [1.807, 2.05) is 12.1 Å². The molecule has 1 aliphatic rings. The second-order valence-electron chi connectivity index (χ2n) is 6.32. The Kier molecular flexibility index (Phi) is 3.85. The molecule has 0 bridgehead atoms. The van der Waals surface area contributed by atoms with Gasteiger partial charge in [0.2, 0.25) is 0 Å². The Bertz CT molecular complexity index is 662. The monoisotopic (exact) mass is 298 g/mol. The lowest BCUT2D eigenvalue weighted by molar-refractivity contribution is -0.157. The third-order valence-electron chi connectivity index (χ3n) is 3.71. The van der Waals surface area contributed by atoms with Crippen molar-refractivity contribution in [3.05, 3.63) is 29.8 Å². The number of hydrogen-bond donors (Lipinski definition) is 0. The first-order chi connectivity index (χ1) is 10.3. The molecular formula is C17H18N2O3. The minimum absolute atomic E-state index is 0.522. The maximum Gasteiger partial charge on any atom is 0.312 e. The molecule has 1 aromatic carbocycles. The Morgan fingerprint density at radius 3 is 2.32 bits per heavy atom. The van der Waals surface area contributed by atoms with Crippen LogP contribution in [0.4, 0.5) is 0 Å². The Hall–Kier alpha value is -2.53. The zero-order valence-electron chi connectivity index (χ0n) is 13.1. The molecule has 22 heavy (non-hydrogen) atoms. The predicted octanol–water partition coefficient (Wildman–Crippen LogP) is 2.78. The van der Waals surface area contributed by atoms with Crippen LogP contribution in [-0.2, 0) is 9.53 Å². The topological polar surface area (TPSA) is 83.1 Å². The van der Waals surface area contributed by atoms with Crippen molar-refractivity contribution in [3.63, 3.8) is 0 Å². The first-order valence-corrected chi connectivity index (χ1v) is 6.99. The number of carbonyl (C=O) groups excluding carboxylic acids is 1. The minimum Gasteiger partial charge on any atom is -0.496 e. The van der Waals surface area contributed by atoms with Crippen molar-refractivity contribution in [1.82, 2.24) is 0 Å². The molecule has 2 atom stereocenters. The highest BCUT2D eigenvalue weighted by atomic mass is 16.6. The van der Waals surface area contributed by atoms with Crippen molar-refractivity contribution in [2.45, 2.75) is 32.3 Å². The summed E-state index contributed by atoms with van der Waals surface area (Å²) in [5.74, 6) is -1.29. The number of carbonyl (C=O) groups is 1.